The number of fused-ring (bicyclic) bond motifs is 1. The molecule has 0 bridgehead atoms. The summed E-state index contributed by atoms with van der Waals surface area (Å²) < 4.78 is 23.4. The Balaban J connectivity index is 0.000000775. The van der Waals surface area contributed by atoms with Gasteiger partial charge >= 0.3 is 5.69 Å². The third-order valence-electron chi connectivity index (χ3n) is 5.78. The van der Waals surface area contributed by atoms with Gasteiger partial charge in [-0.05, 0) is 31.0 Å². The fourth-order valence-corrected chi connectivity index (χ4v) is 4.15. The molecule has 1 N–H and O–H groups in total. The lowest BCUT2D eigenvalue weighted by molar-refractivity contribution is -0.122. The van der Waals surface area contributed by atoms with Gasteiger partial charge in [-0.3, -0.25) is 19.3 Å². The van der Waals surface area contributed by atoms with E-state index in [1.54, 1.807) is 23.0 Å². The van der Waals surface area contributed by atoms with Crippen LogP contribution in [0.4, 0.5) is 10.1 Å². The van der Waals surface area contributed by atoms with Gasteiger partial charge in [0, 0.05) is 25.5 Å². The lowest BCUT2D eigenvalue weighted by Gasteiger charge is -2.33. The first kappa shape index (κ1) is 21.6. The van der Waals surface area contributed by atoms with Gasteiger partial charge in [-0.15, -0.1) is 0 Å². The summed E-state index contributed by atoms with van der Waals surface area (Å²) in [5.74, 6) is 0.263. The quantitative estimate of drug-likeness (QED) is 0.602. The Hall–Kier alpha value is -3.60. The van der Waals surface area contributed by atoms with E-state index in [0.29, 0.717) is 44.1 Å². The molecular weight excluding hydrogens is 419 g/mol. The molecule has 32 heavy (non-hydrogen) atoms. The Morgan fingerprint density at radius 3 is 2.88 bits per heavy atom. The summed E-state index contributed by atoms with van der Waals surface area (Å²) in [5, 5.41) is 11.3. The predicted molar refractivity (Wildman–Crippen MR) is 112 cm³/mol. The first-order valence-electron chi connectivity index (χ1n) is 10.1. The van der Waals surface area contributed by atoms with Gasteiger partial charge < -0.3 is 14.7 Å². The Bertz CT molecular complexity index is 1180. The van der Waals surface area contributed by atoms with Crippen molar-refractivity contribution in [2.24, 2.45) is 0 Å². The number of anilines is 1. The number of ether oxygens (including phenoxy) is 1. The minimum atomic E-state index is -0.526. The Kier molecular flexibility index (Phi) is 5.99. The highest BCUT2D eigenvalue weighted by Crippen LogP contribution is 2.34. The van der Waals surface area contributed by atoms with Crippen molar-refractivity contribution >= 4 is 12.2 Å². The average Bonchev–Trinajstić information content (AvgIpc) is 3.32. The molecule has 2 aliphatic heterocycles. The molecule has 0 radical (unpaired) electrons. The van der Waals surface area contributed by atoms with E-state index in [1.165, 1.54) is 10.9 Å². The van der Waals surface area contributed by atoms with Gasteiger partial charge in [0.25, 0.3) is 6.47 Å². The zero-order valence-corrected chi connectivity index (χ0v) is 17.5. The van der Waals surface area contributed by atoms with Crippen LogP contribution < -0.4 is 10.6 Å². The molecule has 1 fully saturated rings. The number of nitrogens with zero attached hydrogens (tertiary/aromatic N) is 6. The molecule has 168 valence electrons. The highest BCUT2D eigenvalue weighted by atomic mass is 19.1. The third kappa shape index (κ3) is 4.11. The number of hydrogen-bond acceptors (Lipinski definition) is 7. The van der Waals surface area contributed by atoms with Crippen molar-refractivity contribution in [3.05, 3.63) is 70.2 Å². The fourth-order valence-electron chi connectivity index (χ4n) is 4.15. The second-order valence-electron chi connectivity index (χ2n) is 7.79. The molecule has 2 aliphatic rings. The number of halogens is 1. The van der Waals surface area contributed by atoms with Gasteiger partial charge in [0.05, 0.1) is 30.7 Å². The number of pyridine rings is 2. The Morgan fingerprint density at radius 1 is 1.31 bits per heavy atom. The van der Waals surface area contributed by atoms with Crippen LogP contribution in [0.2, 0.25) is 0 Å². The molecule has 0 aliphatic carbocycles. The van der Waals surface area contributed by atoms with Crippen LogP contribution in [0.15, 0.2) is 41.6 Å². The Labute approximate surface area is 182 Å². The van der Waals surface area contributed by atoms with E-state index in [9.17, 15) is 9.18 Å². The molecule has 5 heterocycles. The van der Waals surface area contributed by atoms with Gasteiger partial charge in [0.1, 0.15) is 12.2 Å². The summed E-state index contributed by atoms with van der Waals surface area (Å²) in [5.41, 5.74) is 1.66. The van der Waals surface area contributed by atoms with Crippen LogP contribution in [0.5, 0.6) is 0 Å². The first-order chi connectivity index (χ1) is 15.5. The molecule has 10 nitrogen and oxygen atoms in total. The molecule has 0 saturated carbocycles. The van der Waals surface area contributed by atoms with Crippen molar-refractivity contribution in [2.45, 2.75) is 38.6 Å². The van der Waals surface area contributed by atoms with E-state index in [1.807, 2.05) is 24.0 Å². The monoisotopic (exact) mass is 442 g/mol. The largest absolute Gasteiger partial charge is 0.483 e. The van der Waals surface area contributed by atoms with Crippen LogP contribution >= 0.6 is 0 Å². The topological polar surface area (TPSA) is 115 Å². The summed E-state index contributed by atoms with van der Waals surface area (Å²) in [6.45, 7) is 3.89. The summed E-state index contributed by atoms with van der Waals surface area (Å²) >= 11 is 0. The number of hydrogen-bond donors (Lipinski definition) is 1. The molecule has 1 spiro atoms. The fraction of sp³-hybridized carbons (Fsp3) is 0.381. The summed E-state index contributed by atoms with van der Waals surface area (Å²) in [6, 6.07) is 5.50. The van der Waals surface area contributed by atoms with E-state index in [0.717, 1.165) is 11.3 Å². The van der Waals surface area contributed by atoms with Gasteiger partial charge in [0.2, 0.25) is 0 Å². The molecule has 11 heteroatoms. The number of rotatable bonds is 3. The second kappa shape index (κ2) is 8.87. The number of aryl methyl sites for hydroxylation is 1. The zero-order valence-electron chi connectivity index (χ0n) is 17.5. The summed E-state index contributed by atoms with van der Waals surface area (Å²) in [4.78, 5) is 31.5. The molecule has 3 aromatic rings. The van der Waals surface area contributed by atoms with Crippen LogP contribution in [0, 0.1) is 12.7 Å². The third-order valence-corrected chi connectivity index (χ3v) is 5.78. The molecule has 0 amide bonds. The van der Waals surface area contributed by atoms with Crippen molar-refractivity contribution < 1.29 is 19.0 Å². The van der Waals surface area contributed by atoms with Crippen LogP contribution in [-0.4, -0.2) is 54.6 Å². The lowest BCUT2D eigenvalue weighted by Crippen LogP contribution is -2.46. The molecule has 3 aromatic heterocycles. The average molecular weight is 442 g/mol. The van der Waals surface area contributed by atoms with Gasteiger partial charge in [-0.1, -0.05) is 6.07 Å². The van der Waals surface area contributed by atoms with Crippen molar-refractivity contribution in [3.63, 3.8) is 0 Å². The maximum atomic E-state index is 14.1. The normalized spacial score (nSPS) is 19.4. The van der Waals surface area contributed by atoms with E-state index >= 15 is 0 Å². The van der Waals surface area contributed by atoms with Crippen molar-refractivity contribution in [1.82, 2.24) is 24.3 Å². The molecular formula is C21H23FN6O4. The van der Waals surface area contributed by atoms with Gasteiger partial charge in [-0.25, -0.2) is 13.9 Å². The van der Waals surface area contributed by atoms with Crippen LogP contribution in [0.25, 0.3) is 0 Å². The highest BCUT2D eigenvalue weighted by molar-refractivity contribution is 5.48. The van der Waals surface area contributed by atoms with Gasteiger partial charge in [0.15, 0.2) is 11.6 Å². The Morgan fingerprint density at radius 2 is 2.12 bits per heavy atom. The van der Waals surface area contributed by atoms with E-state index < -0.39 is 5.60 Å². The van der Waals surface area contributed by atoms with Crippen LogP contribution in [-0.2, 0) is 29.2 Å². The molecule has 1 saturated heterocycles. The zero-order chi connectivity index (χ0) is 22.7. The molecule has 0 aromatic carbocycles. The predicted octanol–water partition coefficient (Wildman–Crippen LogP) is 1.21. The van der Waals surface area contributed by atoms with E-state index in [2.05, 4.69) is 15.1 Å². The highest BCUT2D eigenvalue weighted by Gasteiger charge is 2.44. The molecule has 5 rings (SSSR count). The van der Waals surface area contributed by atoms with Gasteiger partial charge in [-0.2, -0.15) is 5.10 Å². The maximum Gasteiger partial charge on any atom is 0.346 e. The van der Waals surface area contributed by atoms with Crippen LogP contribution in [0.1, 0.15) is 23.5 Å². The minimum Gasteiger partial charge on any atom is -0.483 e. The lowest BCUT2D eigenvalue weighted by atomic mass is 10.0. The van der Waals surface area contributed by atoms with E-state index in [4.69, 9.17) is 14.6 Å². The summed E-state index contributed by atoms with van der Waals surface area (Å²) in [7, 11) is 0. The van der Waals surface area contributed by atoms with Crippen molar-refractivity contribution in [2.75, 3.05) is 18.0 Å². The molecule has 1 atom stereocenters. The van der Waals surface area contributed by atoms with Crippen molar-refractivity contribution in [1.29, 1.82) is 0 Å². The van der Waals surface area contributed by atoms with Crippen LogP contribution in [0.3, 0.4) is 0 Å². The summed E-state index contributed by atoms with van der Waals surface area (Å²) in [6.07, 6.45) is 5.23. The standard InChI is InChI=1S/C20H21FN6O2.CH2O2/c1-14-3-2-6-23-16(14)10-27-19(28)26-13-20(29-11-18(26)24-27)5-8-25(12-20)17-4-7-22-9-15(17)21;2-1-3/h2-4,6-7,9H,5,8,10-13H2,1H3;1H,(H,2,3). The number of carbonyl (C=O) groups is 1. The van der Waals surface area contributed by atoms with E-state index in [-0.39, 0.29) is 24.6 Å². The number of carboxylic acid groups (broad SMARTS) is 1. The SMILES string of the molecule is Cc1cccnc1Cn1nc2n(c1=O)CC1(CCN(c3ccncc3F)C1)OC2.O=CO. The minimum absolute atomic E-state index is 0.165. The maximum absolute atomic E-state index is 14.1. The second-order valence-corrected chi connectivity index (χ2v) is 7.79. The first-order valence-corrected chi connectivity index (χ1v) is 10.1. The number of aromatic nitrogens is 5. The molecule has 1 unspecified atom stereocenters. The van der Waals surface area contributed by atoms with Crippen molar-refractivity contribution in [3.8, 4) is 0 Å². The smallest absolute Gasteiger partial charge is 0.346 e.